The number of carbonyl (C=O) groups excluding carboxylic acids is 1. The zero-order valence-electron chi connectivity index (χ0n) is 12.3. The van der Waals surface area contributed by atoms with Gasteiger partial charge in [0.2, 0.25) is 5.91 Å². The van der Waals surface area contributed by atoms with Crippen LogP contribution in [0.25, 0.3) is 11.1 Å². The Kier molecular flexibility index (Phi) is 3.67. The van der Waals surface area contributed by atoms with Gasteiger partial charge in [0.1, 0.15) is 0 Å². The van der Waals surface area contributed by atoms with Gasteiger partial charge < -0.3 is 10.4 Å². The lowest BCUT2D eigenvalue weighted by molar-refractivity contribution is -0.117. The van der Waals surface area contributed by atoms with Crippen LogP contribution in [0.3, 0.4) is 0 Å². The number of benzene rings is 2. The fourth-order valence-electron chi connectivity index (χ4n) is 2.48. The van der Waals surface area contributed by atoms with Crippen LogP contribution in [0.15, 0.2) is 42.5 Å². The summed E-state index contributed by atoms with van der Waals surface area (Å²) in [7, 11) is 0. The number of anilines is 1. The number of carbonyl (C=O) groups is 2. The van der Waals surface area contributed by atoms with Crippen molar-refractivity contribution in [3.8, 4) is 11.1 Å². The Labute approximate surface area is 128 Å². The minimum absolute atomic E-state index is 0.0429. The van der Waals surface area contributed by atoms with E-state index in [1.807, 2.05) is 31.2 Å². The predicted molar refractivity (Wildman–Crippen MR) is 84.9 cm³/mol. The second-order valence-electron chi connectivity index (χ2n) is 5.64. The van der Waals surface area contributed by atoms with Crippen molar-refractivity contribution in [2.75, 3.05) is 5.32 Å². The molecule has 1 amide bonds. The van der Waals surface area contributed by atoms with Crippen LogP contribution < -0.4 is 5.32 Å². The van der Waals surface area contributed by atoms with Gasteiger partial charge in [-0.25, -0.2) is 4.79 Å². The molecule has 4 heteroatoms. The van der Waals surface area contributed by atoms with Crippen molar-refractivity contribution < 1.29 is 14.7 Å². The van der Waals surface area contributed by atoms with Crippen molar-refractivity contribution in [2.24, 2.45) is 5.92 Å². The minimum atomic E-state index is -0.956. The van der Waals surface area contributed by atoms with Crippen molar-refractivity contribution in [2.45, 2.75) is 19.8 Å². The summed E-state index contributed by atoms with van der Waals surface area (Å²) in [5.74, 6) is -0.778. The molecule has 4 nitrogen and oxygen atoms in total. The van der Waals surface area contributed by atoms with Crippen molar-refractivity contribution in [1.82, 2.24) is 0 Å². The van der Waals surface area contributed by atoms with Crippen LogP contribution in [0.2, 0.25) is 0 Å². The molecule has 0 aliphatic heterocycles. The molecule has 0 atom stereocenters. The number of carboxylic acid groups (broad SMARTS) is 1. The molecule has 1 aliphatic carbocycles. The van der Waals surface area contributed by atoms with Crippen LogP contribution in [-0.2, 0) is 4.79 Å². The van der Waals surface area contributed by atoms with E-state index in [1.165, 1.54) is 0 Å². The molecule has 0 bridgehead atoms. The van der Waals surface area contributed by atoms with Gasteiger partial charge in [0.25, 0.3) is 0 Å². The number of rotatable bonds is 4. The summed E-state index contributed by atoms with van der Waals surface area (Å²) in [4.78, 5) is 23.3. The number of hydrogen-bond donors (Lipinski definition) is 2. The van der Waals surface area contributed by atoms with E-state index in [-0.39, 0.29) is 17.4 Å². The van der Waals surface area contributed by atoms with Gasteiger partial charge >= 0.3 is 5.97 Å². The van der Waals surface area contributed by atoms with E-state index < -0.39 is 5.97 Å². The molecule has 1 fully saturated rings. The van der Waals surface area contributed by atoms with E-state index in [0.717, 1.165) is 24.0 Å². The third kappa shape index (κ3) is 2.86. The average Bonchev–Trinajstić information content (AvgIpc) is 3.34. The van der Waals surface area contributed by atoms with Crippen molar-refractivity contribution in [1.29, 1.82) is 0 Å². The van der Waals surface area contributed by atoms with Crippen molar-refractivity contribution in [3.05, 3.63) is 53.6 Å². The first-order valence-corrected chi connectivity index (χ1v) is 7.30. The Morgan fingerprint density at radius 1 is 1.09 bits per heavy atom. The molecular formula is C18H17NO3. The lowest BCUT2D eigenvalue weighted by atomic mass is 9.95. The smallest absolute Gasteiger partial charge is 0.336 e. The second-order valence-corrected chi connectivity index (χ2v) is 5.64. The monoisotopic (exact) mass is 295 g/mol. The first-order chi connectivity index (χ1) is 10.6. The number of nitrogens with one attached hydrogen (secondary N) is 1. The summed E-state index contributed by atoms with van der Waals surface area (Å²) in [6.07, 6.45) is 1.90. The van der Waals surface area contributed by atoms with Gasteiger partial charge in [0.05, 0.1) is 5.56 Å². The maximum absolute atomic E-state index is 11.9. The van der Waals surface area contributed by atoms with Gasteiger partial charge in [-0.2, -0.15) is 0 Å². The zero-order valence-corrected chi connectivity index (χ0v) is 12.3. The quantitative estimate of drug-likeness (QED) is 0.903. The molecule has 0 saturated heterocycles. The second kappa shape index (κ2) is 5.64. The number of amides is 1. The van der Waals surface area contributed by atoms with Crippen LogP contribution in [-0.4, -0.2) is 17.0 Å². The van der Waals surface area contributed by atoms with Gasteiger partial charge in [-0.15, -0.1) is 0 Å². The third-order valence-corrected chi connectivity index (χ3v) is 3.90. The molecule has 3 rings (SSSR count). The lowest BCUT2D eigenvalue weighted by Crippen LogP contribution is -2.13. The fourth-order valence-corrected chi connectivity index (χ4v) is 2.48. The first-order valence-electron chi connectivity index (χ1n) is 7.30. The number of carboxylic acids is 1. The molecule has 112 valence electrons. The van der Waals surface area contributed by atoms with Crippen LogP contribution in [0.1, 0.15) is 28.8 Å². The molecule has 0 radical (unpaired) electrons. The Hall–Kier alpha value is -2.62. The van der Waals surface area contributed by atoms with Gasteiger partial charge in [-0.05, 0) is 54.7 Å². The summed E-state index contributed by atoms with van der Waals surface area (Å²) in [6.45, 7) is 1.93. The summed E-state index contributed by atoms with van der Waals surface area (Å²) in [5, 5.41) is 12.2. The van der Waals surface area contributed by atoms with E-state index in [9.17, 15) is 14.7 Å². The highest BCUT2D eigenvalue weighted by Crippen LogP contribution is 2.32. The molecule has 2 aromatic carbocycles. The molecule has 22 heavy (non-hydrogen) atoms. The molecule has 0 unspecified atom stereocenters. The van der Waals surface area contributed by atoms with Crippen LogP contribution in [0.4, 0.5) is 5.69 Å². The maximum Gasteiger partial charge on any atom is 0.336 e. The van der Waals surface area contributed by atoms with Gasteiger partial charge in [0.15, 0.2) is 0 Å². The molecule has 2 aromatic rings. The fraction of sp³-hybridized carbons (Fsp3) is 0.222. The van der Waals surface area contributed by atoms with E-state index >= 15 is 0 Å². The molecule has 0 spiro atoms. The highest BCUT2D eigenvalue weighted by Gasteiger charge is 2.29. The third-order valence-electron chi connectivity index (χ3n) is 3.90. The zero-order chi connectivity index (χ0) is 15.7. The largest absolute Gasteiger partial charge is 0.478 e. The summed E-state index contributed by atoms with van der Waals surface area (Å²) < 4.78 is 0. The van der Waals surface area contributed by atoms with Crippen LogP contribution >= 0.6 is 0 Å². The minimum Gasteiger partial charge on any atom is -0.478 e. The van der Waals surface area contributed by atoms with Gasteiger partial charge in [-0.1, -0.05) is 24.3 Å². The maximum atomic E-state index is 11.9. The molecule has 0 heterocycles. The number of aryl methyl sites for hydroxylation is 1. The molecule has 1 saturated carbocycles. The SMILES string of the molecule is Cc1ccc(NC(=O)C2CC2)cc1-c1ccccc1C(=O)O. The first kappa shape index (κ1) is 14.3. The Morgan fingerprint density at radius 3 is 2.50 bits per heavy atom. The van der Waals surface area contributed by atoms with E-state index in [2.05, 4.69) is 5.32 Å². The standard InChI is InChI=1S/C18H17NO3/c1-11-6-9-13(19-17(20)12-7-8-12)10-16(11)14-4-2-3-5-15(14)18(21)22/h2-6,9-10,12H,7-8H2,1H3,(H,19,20)(H,21,22). The Bertz CT molecular complexity index is 748. The van der Waals surface area contributed by atoms with Crippen LogP contribution in [0, 0.1) is 12.8 Å². The van der Waals surface area contributed by atoms with Gasteiger partial charge in [0, 0.05) is 11.6 Å². The topological polar surface area (TPSA) is 66.4 Å². The lowest BCUT2D eigenvalue weighted by Gasteiger charge is -2.12. The highest BCUT2D eigenvalue weighted by molar-refractivity contribution is 5.98. The van der Waals surface area contributed by atoms with Gasteiger partial charge in [-0.3, -0.25) is 4.79 Å². The average molecular weight is 295 g/mol. The number of aromatic carboxylic acids is 1. The Morgan fingerprint density at radius 2 is 1.82 bits per heavy atom. The van der Waals surface area contributed by atoms with E-state index in [4.69, 9.17) is 0 Å². The van der Waals surface area contributed by atoms with Crippen LogP contribution in [0.5, 0.6) is 0 Å². The summed E-state index contributed by atoms with van der Waals surface area (Å²) in [6, 6.07) is 12.5. The summed E-state index contributed by atoms with van der Waals surface area (Å²) >= 11 is 0. The molecular weight excluding hydrogens is 278 g/mol. The van der Waals surface area contributed by atoms with E-state index in [0.29, 0.717) is 11.3 Å². The summed E-state index contributed by atoms with van der Waals surface area (Å²) in [5.41, 5.74) is 3.42. The normalized spacial score (nSPS) is 13.7. The Balaban J connectivity index is 1.99. The van der Waals surface area contributed by atoms with Crippen molar-refractivity contribution >= 4 is 17.6 Å². The number of hydrogen-bond acceptors (Lipinski definition) is 2. The highest BCUT2D eigenvalue weighted by atomic mass is 16.4. The predicted octanol–water partition coefficient (Wildman–Crippen LogP) is 3.71. The molecule has 0 aromatic heterocycles. The molecule has 2 N–H and O–H groups in total. The van der Waals surface area contributed by atoms with Crippen molar-refractivity contribution in [3.63, 3.8) is 0 Å². The van der Waals surface area contributed by atoms with E-state index in [1.54, 1.807) is 18.2 Å². The molecule has 1 aliphatic rings.